The maximum Gasteiger partial charge on any atom is 0.130 e. The van der Waals surface area contributed by atoms with E-state index in [0.29, 0.717) is 5.88 Å². The van der Waals surface area contributed by atoms with Crippen molar-refractivity contribution in [1.29, 1.82) is 0 Å². The van der Waals surface area contributed by atoms with Crippen molar-refractivity contribution in [3.05, 3.63) is 71.8 Å². The SMILES string of the molecule is Cc1cc(CCl)ccc1Oc1ccc2ccccc2c1. The first kappa shape index (κ1) is 13.0. The van der Waals surface area contributed by atoms with Crippen LogP contribution in [0.5, 0.6) is 11.5 Å². The maximum absolute atomic E-state index is 5.97. The first-order valence-electron chi connectivity index (χ1n) is 6.58. The van der Waals surface area contributed by atoms with Crippen molar-refractivity contribution < 1.29 is 4.74 Å². The van der Waals surface area contributed by atoms with Crippen LogP contribution in [0.2, 0.25) is 0 Å². The molecule has 20 heavy (non-hydrogen) atoms. The summed E-state index contributed by atoms with van der Waals surface area (Å²) in [6.07, 6.45) is 0. The molecule has 0 saturated heterocycles. The van der Waals surface area contributed by atoms with Crippen LogP contribution in [0.25, 0.3) is 10.8 Å². The average Bonchev–Trinajstić information content (AvgIpc) is 2.49. The molecule has 0 saturated carbocycles. The molecule has 0 radical (unpaired) electrons. The number of halogens is 1. The van der Waals surface area contributed by atoms with E-state index in [1.807, 2.05) is 37.3 Å². The van der Waals surface area contributed by atoms with Crippen LogP contribution in [0.15, 0.2) is 60.7 Å². The van der Waals surface area contributed by atoms with Gasteiger partial charge in [0.15, 0.2) is 0 Å². The summed E-state index contributed by atoms with van der Waals surface area (Å²) in [4.78, 5) is 0. The number of hydrogen-bond donors (Lipinski definition) is 0. The van der Waals surface area contributed by atoms with Crippen LogP contribution in [0, 0.1) is 6.92 Å². The second-order valence-electron chi connectivity index (χ2n) is 4.84. The van der Waals surface area contributed by atoms with Crippen LogP contribution in [0.3, 0.4) is 0 Å². The fraction of sp³-hybridized carbons (Fsp3) is 0.111. The number of aryl methyl sites for hydroxylation is 1. The summed E-state index contributed by atoms with van der Waals surface area (Å²) in [5, 5.41) is 2.40. The second kappa shape index (κ2) is 5.56. The van der Waals surface area contributed by atoms with Crippen molar-refractivity contribution in [2.75, 3.05) is 0 Å². The van der Waals surface area contributed by atoms with Crippen molar-refractivity contribution in [2.24, 2.45) is 0 Å². The Bertz CT molecular complexity index is 749. The Hall–Kier alpha value is -1.99. The Balaban J connectivity index is 1.92. The summed E-state index contributed by atoms with van der Waals surface area (Å²) in [6, 6.07) is 20.4. The van der Waals surface area contributed by atoms with Gasteiger partial charge in [0.1, 0.15) is 11.5 Å². The summed E-state index contributed by atoms with van der Waals surface area (Å²) in [5.41, 5.74) is 2.20. The highest BCUT2D eigenvalue weighted by molar-refractivity contribution is 6.17. The highest BCUT2D eigenvalue weighted by Crippen LogP contribution is 2.28. The molecular formula is C18H15ClO. The van der Waals surface area contributed by atoms with Gasteiger partial charge in [0, 0.05) is 5.88 Å². The summed E-state index contributed by atoms with van der Waals surface area (Å²) >= 11 is 5.84. The van der Waals surface area contributed by atoms with Gasteiger partial charge < -0.3 is 4.74 Å². The molecule has 0 spiro atoms. The molecule has 0 aliphatic rings. The van der Waals surface area contributed by atoms with Gasteiger partial charge in [-0.15, -0.1) is 11.6 Å². The van der Waals surface area contributed by atoms with E-state index in [0.717, 1.165) is 22.6 Å². The molecule has 0 fully saturated rings. The van der Waals surface area contributed by atoms with Gasteiger partial charge in [0.25, 0.3) is 0 Å². The molecule has 0 amide bonds. The van der Waals surface area contributed by atoms with Gasteiger partial charge in [-0.25, -0.2) is 0 Å². The Labute approximate surface area is 123 Å². The zero-order valence-corrected chi connectivity index (χ0v) is 12.0. The molecule has 100 valence electrons. The number of alkyl halides is 1. The fourth-order valence-corrected chi connectivity index (χ4v) is 2.43. The highest BCUT2D eigenvalue weighted by Gasteiger charge is 2.03. The zero-order chi connectivity index (χ0) is 13.9. The Morgan fingerprint density at radius 1 is 0.900 bits per heavy atom. The van der Waals surface area contributed by atoms with Crippen LogP contribution >= 0.6 is 11.6 Å². The number of rotatable bonds is 3. The lowest BCUT2D eigenvalue weighted by Crippen LogP contribution is -1.89. The number of benzene rings is 3. The normalized spacial score (nSPS) is 10.7. The molecule has 1 nitrogen and oxygen atoms in total. The zero-order valence-electron chi connectivity index (χ0n) is 11.3. The maximum atomic E-state index is 5.97. The Morgan fingerprint density at radius 2 is 1.70 bits per heavy atom. The third-order valence-corrected chi connectivity index (χ3v) is 3.65. The molecule has 0 bridgehead atoms. The minimum atomic E-state index is 0.525. The highest BCUT2D eigenvalue weighted by atomic mass is 35.5. The lowest BCUT2D eigenvalue weighted by atomic mass is 10.1. The van der Waals surface area contributed by atoms with Crippen molar-refractivity contribution in [2.45, 2.75) is 12.8 Å². The van der Waals surface area contributed by atoms with Crippen molar-refractivity contribution in [3.8, 4) is 11.5 Å². The molecular weight excluding hydrogens is 268 g/mol. The molecule has 0 aliphatic heterocycles. The van der Waals surface area contributed by atoms with E-state index in [2.05, 4.69) is 30.3 Å². The molecule has 0 atom stereocenters. The molecule has 0 aliphatic carbocycles. The lowest BCUT2D eigenvalue weighted by molar-refractivity contribution is 0.479. The van der Waals surface area contributed by atoms with Crippen LogP contribution in [-0.4, -0.2) is 0 Å². The van der Waals surface area contributed by atoms with E-state index in [9.17, 15) is 0 Å². The van der Waals surface area contributed by atoms with Gasteiger partial charge in [0.2, 0.25) is 0 Å². The molecule has 0 unspecified atom stereocenters. The van der Waals surface area contributed by atoms with Gasteiger partial charge >= 0.3 is 0 Å². The van der Waals surface area contributed by atoms with E-state index >= 15 is 0 Å². The average molecular weight is 283 g/mol. The number of fused-ring (bicyclic) bond motifs is 1. The summed E-state index contributed by atoms with van der Waals surface area (Å²) in [7, 11) is 0. The molecule has 3 rings (SSSR count). The monoisotopic (exact) mass is 282 g/mol. The Morgan fingerprint density at radius 3 is 2.45 bits per heavy atom. The predicted octanol–water partition coefficient (Wildman–Crippen LogP) is 5.68. The predicted molar refractivity (Wildman–Crippen MR) is 84.8 cm³/mol. The van der Waals surface area contributed by atoms with E-state index in [1.54, 1.807) is 0 Å². The van der Waals surface area contributed by atoms with Crippen molar-refractivity contribution in [1.82, 2.24) is 0 Å². The van der Waals surface area contributed by atoms with Crippen LogP contribution in [-0.2, 0) is 5.88 Å². The van der Waals surface area contributed by atoms with E-state index in [4.69, 9.17) is 16.3 Å². The van der Waals surface area contributed by atoms with E-state index in [1.165, 1.54) is 10.8 Å². The summed E-state index contributed by atoms with van der Waals surface area (Å²) in [6.45, 7) is 2.03. The Kier molecular flexibility index (Phi) is 3.62. The van der Waals surface area contributed by atoms with E-state index in [-0.39, 0.29) is 0 Å². The largest absolute Gasteiger partial charge is 0.457 e. The molecule has 0 aromatic heterocycles. The smallest absolute Gasteiger partial charge is 0.130 e. The first-order chi connectivity index (χ1) is 9.76. The number of ether oxygens (including phenoxy) is 1. The van der Waals surface area contributed by atoms with Gasteiger partial charge in [0.05, 0.1) is 0 Å². The first-order valence-corrected chi connectivity index (χ1v) is 7.12. The standard InChI is InChI=1S/C18H15ClO/c1-13-10-14(12-19)6-9-18(13)20-17-8-7-15-4-2-3-5-16(15)11-17/h2-11H,12H2,1H3. The van der Waals surface area contributed by atoms with Crippen LogP contribution < -0.4 is 4.74 Å². The quantitative estimate of drug-likeness (QED) is 0.562. The van der Waals surface area contributed by atoms with E-state index < -0.39 is 0 Å². The van der Waals surface area contributed by atoms with Crippen LogP contribution in [0.1, 0.15) is 11.1 Å². The third-order valence-electron chi connectivity index (χ3n) is 3.34. The lowest BCUT2D eigenvalue weighted by Gasteiger charge is -2.10. The van der Waals surface area contributed by atoms with Crippen molar-refractivity contribution >= 4 is 22.4 Å². The second-order valence-corrected chi connectivity index (χ2v) is 5.11. The van der Waals surface area contributed by atoms with Gasteiger partial charge in [-0.3, -0.25) is 0 Å². The third kappa shape index (κ3) is 2.63. The summed E-state index contributed by atoms with van der Waals surface area (Å²) < 4.78 is 5.97. The molecule has 2 heteroatoms. The van der Waals surface area contributed by atoms with Gasteiger partial charge in [-0.1, -0.05) is 42.5 Å². The van der Waals surface area contributed by atoms with Crippen molar-refractivity contribution in [3.63, 3.8) is 0 Å². The minimum Gasteiger partial charge on any atom is -0.457 e. The topological polar surface area (TPSA) is 9.23 Å². The number of hydrogen-bond acceptors (Lipinski definition) is 1. The summed E-state index contributed by atoms with van der Waals surface area (Å²) in [5.74, 6) is 2.25. The fourth-order valence-electron chi connectivity index (χ4n) is 2.27. The molecule has 3 aromatic rings. The molecule has 0 N–H and O–H groups in total. The van der Waals surface area contributed by atoms with Gasteiger partial charge in [-0.2, -0.15) is 0 Å². The minimum absolute atomic E-state index is 0.525. The molecule has 3 aromatic carbocycles. The van der Waals surface area contributed by atoms with Crippen LogP contribution in [0.4, 0.5) is 0 Å². The molecule has 0 heterocycles. The van der Waals surface area contributed by atoms with Gasteiger partial charge in [-0.05, 0) is 47.0 Å².